The van der Waals surface area contributed by atoms with Crippen molar-refractivity contribution in [3.05, 3.63) is 0 Å². The van der Waals surface area contributed by atoms with Gasteiger partial charge in [0.25, 0.3) is 0 Å². The molecule has 0 unspecified atom stereocenters. The van der Waals surface area contributed by atoms with E-state index in [0.717, 1.165) is 0 Å². The van der Waals surface area contributed by atoms with Gasteiger partial charge in [0.05, 0.1) is 0 Å². The molecule has 9 heavy (non-hydrogen) atoms. The summed E-state index contributed by atoms with van der Waals surface area (Å²) in [6.45, 7) is 0. The van der Waals surface area contributed by atoms with Crippen LogP contribution in [0.1, 0.15) is 1.43 Å². The molecule has 9 heteroatoms. The fraction of sp³-hybridized carbons (Fsp3) is 0. The molecule has 0 aromatic rings. The van der Waals surface area contributed by atoms with Gasteiger partial charge in [-0.05, 0) is 0 Å². The van der Waals surface area contributed by atoms with E-state index >= 15 is 0 Å². The van der Waals surface area contributed by atoms with Gasteiger partial charge in [-0.25, -0.2) is 0 Å². The third-order valence-corrected chi connectivity index (χ3v) is 0. The highest BCUT2D eigenvalue weighted by Gasteiger charge is 2.20. The highest BCUT2D eigenvalue weighted by molar-refractivity contribution is 6.50. The average Bonchev–Trinajstić information content (AvgIpc) is 1.19. The largest absolute Gasteiger partial charge is 1.00 e. The Kier molecular flexibility index (Phi) is 5.83. The van der Waals surface area contributed by atoms with Gasteiger partial charge in [-0.3, -0.25) is 4.32 Å². The van der Waals surface area contributed by atoms with Crippen molar-refractivity contribution in [1.82, 2.24) is 0 Å². The summed E-state index contributed by atoms with van der Waals surface area (Å²) in [7, 11) is -8.67. The predicted octanol–water partition coefficient (Wildman–Crippen LogP) is 0.338. The molecule has 0 aromatic heterocycles. The summed E-state index contributed by atoms with van der Waals surface area (Å²) in [6, 6.07) is 0. The van der Waals surface area contributed by atoms with Crippen molar-refractivity contribution in [3.8, 4) is 0 Å². The van der Waals surface area contributed by atoms with Crippen LogP contribution in [-0.2, 0) is 0 Å². The van der Waals surface area contributed by atoms with E-state index in [1.165, 1.54) is 0 Å². The fourth-order valence-electron chi connectivity index (χ4n) is 0. The third-order valence-electron chi connectivity index (χ3n) is 0. The molecule has 2 nitrogen and oxygen atoms in total. The highest BCUT2D eigenvalue weighted by atomic mass is 19.5. The Bertz CT molecular complexity index is 54.4. The molecule has 0 bridgehead atoms. The van der Waals surface area contributed by atoms with Crippen LogP contribution in [0.5, 0.6) is 0 Å². The first-order valence-electron chi connectivity index (χ1n) is 1.61. The van der Waals surface area contributed by atoms with Gasteiger partial charge >= 0.3 is 16.1 Å². The smallest absolute Gasteiger partial charge is 0.418 e. The van der Waals surface area contributed by atoms with Gasteiger partial charge in [-0.1, -0.05) is 0 Å². The normalized spacial score (nSPS) is 9.67. The summed E-state index contributed by atoms with van der Waals surface area (Å²) in [4.78, 5) is 0. The van der Waals surface area contributed by atoms with Gasteiger partial charge in [0.1, 0.15) is 0 Å². The zero-order chi connectivity index (χ0) is 8.08. The van der Waals surface area contributed by atoms with Crippen LogP contribution in [0.2, 0.25) is 0 Å². The van der Waals surface area contributed by atoms with Gasteiger partial charge in [0, 0.05) is 0 Å². The summed E-state index contributed by atoms with van der Waals surface area (Å²) >= 11 is 0. The van der Waals surface area contributed by atoms with Crippen LogP contribution in [-0.4, -0.2) is 24.7 Å². The zero-order valence-corrected chi connectivity index (χ0v) is 3.94. The van der Waals surface area contributed by atoms with E-state index in [0.29, 0.717) is 0 Å². The lowest BCUT2D eigenvalue weighted by atomic mass is 10.3. The Morgan fingerprint density at radius 3 is 1.11 bits per heavy atom. The Labute approximate surface area is 49.1 Å². The SMILES string of the molecule is F[B-](F)(F)F.OB(O)F.[H+]. The maximum Gasteiger partial charge on any atom is 1.00 e. The average molecular weight is 152 g/mol. The lowest BCUT2D eigenvalue weighted by Crippen LogP contribution is -2.02. The van der Waals surface area contributed by atoms with E-state index in [-0.39, 0.29) is 1.43 Å². The monoisotopic (exact) mass is 152 g/mol. The first kappa shape index (κ1) is 11.5. The standard InChI is InChI=1S/BF4.BFH2O2/c2-1(3,4)5;2-1(3)4/h;3-4H/q-1;/p+1. The first-order chi connectivity index (χ1) is 3.73. The minimum Gasteiger partial charge on any atom is -0.418 e. The molecule has 0 aliphatic heterocycles. The number of hydrogen-bond acceptors (Lipinski definition) is 2. The molecule has 0 rings (SSSR count). The van der Waals surface area contributed by atoms with E-state index < -0.39 is 14.6 Å². The van der Waals surface area contributed by atoms with Crippen molar-refractivity contribution in [3.63, 3.8) is 0 Å². The van der Waals surface area contributed by atoms with Crippen LogP contribution in [0.25, 0.3) is 0 Å². The summed E-state index contributed by atoms with van der Waals surface area (Å²) in [6.07, 6.45) is 0. The van der Waals surface area contributed by atoms with Gasteiger partial charge in [-0.15, -0.1) is 0 Å². The van der Waals surface area contributed by atoms with Gasteiger partial charge < -0.3 is 27.3 Å². The van der Waals surface area contributed by atoms with Gasteiger partial charge in [0.2, 0.25) is 0 Å². The molecule has 0 aliphatic rings. The number of hydrogen-bond donors (Lipinski definition) is 2. The van der Waals surface area contributed by atoms with Crippen molar-refractivity contribution in [1.29, 1.82) is 0 Å². The second kappa shape index (κ2) is 4.57. The molecule has 0 spiro atoms. The Balaban J connectivity index is -0.0000000910. The van der Waals surface area contributed by atoms with E-state index in [2.05, 4.69) is 0 Å². The van der Waals surface area contributed by atoms with Crippen molar-refractivity contribution < 1.29 is 33.1 Å². The quantitative estimate of drug-likeness (QED) is 0.387. The van der Waals surface area contributed by atoms with Crippen molar-refractivity contribution >= 4 is 14.6 Å². The molecule has 0 radical (unpaired) electrons. The Morgan fingerprint density at radius 1 is 1.11 bits per heavy atom. The number of rotatable bonds is 0. The minimum absolute atomic E-state index is 0. The van der Waals surface area contributed by atoms with Crippen LogP contribution in [0.3, 0.4) is 0 Å². The zero-order valence-electron chi connectivity index (χ0n) is 4.94. The lowest BCUT2D eigenvalue weighted by Gasteiger charge is -1.94. The van der Waals surface area contributed by atoms with Crippen molar-refractivity contribution in [2.24, 2.45) is 0 Å². The Morgan fingerprint density at radius 2 is 1.11 bits per heavy atom. The Hall–Kier alpha value is -0.300. The summed E-state index contributed by atoms with van der Waals surface area (Å²) < 4.78 is 49.1. The van der Waals surface area contributed by atoms with Crippen LogP contribution < -0.4 is 0 Å². The topological polar surface area (TPSA) is 40.5 Å². The molecule has 0 aromatic carbocycles. The lowest BCUT2D eigenvalue weighted by molar-refractivity contribution is 0.340. The van der Waals surface area contributed by atoms with Crippen molar-refractivity contribution in [2.75, 3.05) is 0 Å². The molecule has 0 fully saturated rings. The maximum atomic E-state index is 10.1. The molecular formula is H3B2F5O2. The van der Waals surface area contributed by atoms with E-state index in [1.807, 2.05) is 0 Å². The molecule has 56 valence electrons. The van der Waals surface area contributed by atoms with Gasteiger partial charge in [-0.2, -0.15) is 0 Å². The first-order valence-corrected chi connectivity index (χ1v) is 1.61. The molecule has 2 N–H and O–H groups in total. The van der Waals surface area contributed by atoms with E-state index in [4.69, 9.17) is 10.0 Å². The minimum atomic E-state index is -6.00. The molecule has 0 amide bonds. The van der Waals surface area contributed by atoms with Crippen LogP contribution >= 0.6 is 0 Å². The number of halogens is 5. The van der Waals surface area contributed by atoms with Crippen LogP contribution in [0.4, 0.5) is 21.6 Å². The summed E-state index contributed by atoms with van der Waals surface area (Å²) in [5, 5.41) is 13.9. The second-order valence-electron chi connectivity index (χ2n) is 0.806. The third kappa shape index (κ3) is 2780. The van der Waals surface area contributed by atoms with Crippen LogP contribution in [0.15, 0.2) is 0 Å². The van der Waals surface area contributed by atoms with Crippen LogP contribution in [0, 0.1) is 0 Å². The van der Waals surface area contributed by atoms with Crippen molar-refractivity contribution in [2.45, 2.75) is 0 Å². The molecule has 0 saturated heterocycles. The maximum absolute atomic E-state index is 10.1. The second-order valence-corrected chi connectivity index (χ2v) is 0.806. The summed E-state index contributed by atoms with van der Waals surface area (Å²) in [5.41, 5.74) is 0. The highest BCUT2D eigenvalue weighted by Crippen LogP contribution is 2.06. The van der Waals surface area contributed by atoms with Gasteiger partial charge in [0.15, 0.2) is 0 Å². The predicted molar refractivity (Wildman–Crippen MR) is 22.6 cm³/mol. The molecule has 0 heterocycles. The fourth-order valence-corrected chi connectivity index (χ4v) is 0. The molecule has 0 aliphatic carbocycles. The summed E-state index contributed by atoms with van der Waals surface area (Å²) in [5.74, 6) is 0. The van der Waals surface area contributed by atoms with E-state index in [9.17, 15) is 21.6 Å². The molecule has 0 saturated carbocycles. The van der Waals surface area contributed by atoms with E-state index in [1.54, 1.807) is 0 Å². The molecular weight excluding hydrogens is 149 g/mol. The molecule has 0 atom stereocenters.